The van der Waals surface area contributed by atoms with Gasteiger partial charge in [0.2, 0.25) is 0 Å². The fourth-order valence-corrected chi connectivity index (χ4v) is 0.918. The van der Waals surface area contributed by atoms with Gasteiger partial charge in [-0.25, -0.2) is 0 Å². The minimum absolute atomic E-state index is 0.348. The predicted molar refractivity (Wildman–Crippen MR) is 37.1 cm³/mol. The second kappa shape index (κ2) is 2.62. The molecule has 0 radical (unpaired) electrons. The number of hydrogen-bond donors (Lipinski definition) is 0. The largest absolute Gasteiger partial charge is 0.299 e. The maximum atomic E-state index is 10.6. The molecular weight excluding hydrogens is 112 g/mol. The molecule has 0 amide bonds. The Labute approximate surface area is 55.1 Å². The van der Waals surface area contributed by atoms with E-state index in [0.29, 0.717) is 18.6 Å². The van der Waals surface area contributed by atoms with Crippen LogP contribution < -0.4 is 0 Å². The molecule has 0 fully saturated rings. The molecule has 9 heavy (non-hydrogen) atoms. The molecule has 0 atom stereocenters. The third-order valence-electron chi connectivity index (χ3n) is 1.55. The van der Waals surface area contributed by atoms with Crippen LogP contribution >= 0.6 is 0 Å². The highest BCUT2D eigenvalue weighted by atomic mass is 16.1. The van der Waals surface area contributed by atoms with Crippen LogP contribution in [0.15, 0.2) is 24.3 Å². The molecule has 1 aliphatic carbocycles. The third kappa shape index (κ3) is 1.53. The first kappa shape index (κ1) is 6.27. The molecule has 0 bridgehead atoms. The predicted octanol–water partition coefficient (Wildman–Crippen LogP) is 1.85. The Morgan fingerprint density at radius 1 is 1.56 bits per heavy atom. The number of rotatable bonds is 1. The zero-order valence-electron chi connectivity index (χ0n) is 5.39. The summed E-state index contributed by atoms with van der Waals surface area (Å²) in [5.41, 5.74) is 1.22. The number of carbonyl (C=O) groups excluding carboxylic acids is 1. The number of allylic oxidation sites excluding steroid dienone is 3. The van der Waals surface area contributed by atoms with Crippen LogP contribution in [-0.2, 0) is 4.79 Å². The van der Waals surface area contributed by atoms with Gasteiger partial charge in [-0.1, -0.05) is 24.3 Å². The molecule has 48 valence electrons. The van der Waals surface area contributed by atoms with Gasteiger partial charge >= 0.3 is 0 Å². The highest BCUT2D eigenvalue weighted by Crippen LogP contribution is 2.14. The molecule has 1 rings (SSSR count). The molecule has 0 aromatic rings. The van der Waals surface area contributed by atoms with E-state index < -0.39 is 0 Å². The van der Waals surface area contributed by atoms with Crippen molar-refractivity contribution in [3.63, 3.8) is 0 Å². The third-order valence-corrected chi connectivity index (χ3v) is 1.55. The zero-order chi connectivity index (χ0) is 6.69. The van der Waals surface area contributed by atoms with Crippen LogP contribution in [0, 0.1) is 0 Å². The maximum Gasteiger partial charge on any atom is 0.137 e. The standard InChI is InChI=1S/C8H10O/c1-2-7-3-5-8(9)6-4-7/h2-3H,1,4-6H2. The van der Waals surface area contributed by atoms with Crippen LogP contribution in [0.25, 0.3) is 0 Å². The second-order valence-electron chi connectivity index (χ2n) is 2.23. The fourth-order valence-electron chi connectivity index (χ4n) is 0.918. The van der Waals surface area contributed by atoms with Gasteiger partial charge in [0.1, 0.15) is 5.78 Å². The summed E-state index contributed by atoms with van der Waals surface area (Å²) >= 11 is 0. The van der Waals surface area contributed by atoms with E-state index in [0.717, 1.165) is 6.42 Å². The number of carbonyl (C=O) groups is 1. The Morgan fingerprint density at radius 2 is 2.33 bits per heavy atom. The lowest BCUT2D eigenvalue weighted by Crippen LogP contribution is -2.01. The molecule has 1 nitrogen and oxygen atoms in total. The normalized spacial score (nSPS) is 19.1. The van der Waals surface area contributed by atoms with Crippen molar-refractivity contribution in [2.75, 3.05) is 0 Å². The second-order valence-corrected chi connectivity index (χ2v) is 2.23. The van der Waals surface area contributed by atoms with Crippen LogP contribution in [-0.4, -0.2) is 5.78 Å². The van der Waals surface area contributed by atoms with Crippen LogP contribution in [0.2, 0.25) is 0 Å². The number of hydrogen-bond acceptors (Lipinski definition) is 1. The van der Waals surface area contributed by atoms with E-state index >= 15 is 0 Å². The minimum atomic E-state index is 0.348. The molecule has 0 heterocycles. The van der Waals surface area contributed by atoms with E-state index in [9.17, 15) is 4.79 Å². The Balaban J connectivity index is 2.59. The minimum Gasteiger partial charge on any atom is -0.299 e. The smallest absolute Gasteiger partial charge is 0.137 e. The maximum absolute atomic E-state index is 10.6. The van der Waals surface area contributed by atoms with Gasteiger partial charge in [-0.05, 0) is 6.42 Å². The Hall–Kier alpha value is -0.850. The van der Waals surface area contributed by atoms with Crippen molar-refractivity contribution >= 4 is 5.78 Å². The SMILES string of the molecule is C=CC1=CCC(=O)CC1. The first-order chi connectivity index (χ1) is 4.33. The van der Waals surface area contributed by atoms with Crippen molar-refractivity contribution in [2.24, 2.45) is 0 Å². The van der Waals surface area contributed by atoms with Crippen molar-refractivity contribution in [1.82, 2.24) is 0 Å². The van der Waals surface area contributed by atoms with E-state index in [-0.39, 0.29) is 0 Å². The lowest BCUT2D eigenvalue weighted by molar-refractivity contribution is -0.118. The van der Waals surface area contributed by atoms with Crippen LogP contribution in [0.5, 0.6) is 0 Å². The molecule has 0 aromatic carbocycles. The van der Waals surface area contributed by atoms with E-state index in [4.69, 9.17) is 0 Å². The molecule has 0 spiro atoms. The summed E-state index contributed by atoms with van der Waals surface area (Å²) in [5.74, 6) is 0.348. The number of Topliss-reactive ketones (excluding diaryl/α,β-unsaturated/α-hetero) is 1. The average Bonchev–Trinajstić information content (AvgIpc) is 1.90. The van der Waals surface area contributed by atoms with Crippen LogP contribution in [0.1, 0.15) is 19.3 Å². The molecular formula is C8H10O. The van der Waals surface area contributed by atoms with E-state index in [1.165, 1.54) is 5.57 Å². The van der Waals surface area contributed by atoms with E-state index in [2.05, 4.69) is 6.58 Å². The van der Waals surface area contributed by atoms with Crippen LogP contribution in [0.3, 0.4) is 0 Å². The van der Waals surface area contributed by atoms with Crippen molar-refractivity contribution in [2.45, 2.75) is 19.3 Å². The first-order valence-electron chi connectivity index (χ1n) is 3.16. The summed E-state index contributed by atoms with van der Waals surface area (Å²) in [4.78, 5) is 10.6. The highest BCUT2D eigenvalue weighted by molar-refractivity contribution is 5.81. The van der Waals surface area contributed by atoms with Crippen LogP contribution in [0.4, 0.5) is 0 Å². The molecule has 0 aromatic heterocycles. The van der Waals surface area contributed by atoms with Gasteiger partial charge in [0.25, 0.3) is 0 Å². The quantitative estimate of drug-likeness (QED) is 0.518. The molecule has 0 saturated carbocycles. The van der Waals surface area contributed by atoms with Gasteiger partial charge in [0.05, 0.1) is 0 Å². The Morgan fingerprint density at radius 3 is 2.78 bits per heavy atom. The van der Waals surface area contributed by atoms with E-state index in [1.54, 1.807) is 0 Å². The van der Waals surface area contributed by atoms with Gasteiger partial charge < -0.3 is 0 Å². The monoisotopic (exact) mass is 122 g/mol. The van der Waals surface area contributed by atoms with E-state index in [1.807, 2.05) is 12.2 Å². The first-order valence-corrected chi connectivity index (χ1v) is 3.16. The molecule has 1 heteroatoms. The Bertz CT molecular complexity index is 165. The molecule has 1 aliphatic rings. The van der Waals surface area contributed by atoms with Gasteiger partial charge in [-0.2, -0.15) is 0 Å². The summed E-state index contributed by atoms with van der Waals surface area (Å²) < 4.78 is 0. The summed E-state index contributed by atoms with van der Waals surface area (Å²) in [6.07, 6.45) is 5.99. The van der Waals surface area contributed by atoms with Crippen molar-refractivity contribution in [1.29, 1.82) is 0 Å². The van der Waals surface area contributed by atoms with Gasteiger partial charge in [-0.3, -0.25) is 4.79 Å². The van der Waals surface area contributed by atoms with Crippen molar-refractivity contribution < 1.29 is 4.79 Å². The summed E-state index contributed by atoms with van der Waals surface area (Å²) in [7, 11) is 0. The molecule has 0 aliphatic heterocycles. The van der Waals surface area contributed by atoms with Gasteiger partial charge in [0.15, 0.2) is 0 Å². The Kier molecular flexibility index (Phi) is 1.83. The summed E-state index contributed by atoms with van der Waals surface area (Å²) in [5, 5.41) is 0. The lowest BCUT2D eigenvalue weighted by Gasteiger charge is -2.06. The van der Waals surface area contributed by atoms with Crippen molar-refractivity contribution in [3.05, 3.63) is 24.3 Å². The molecule has 0 unspecified atom stereocenters. The van der Waals surface area contributed by atoms with Gasteiger partial charge in [-0.15, -0.1) is 0 Å². The summed E-state index contributed by atoms with van der Waals surface area (Å²) in [6, 6.07) is 0. The average molecular weight is 122 g/mol. The van der Waals surface area contributed by atoms with Gasteiger partial charge in [0, 0.05) is 12.8 Å². The fraction of sp³-hybridized carbons (Fsp3) is 0.375. The topological polar surface area (TPSA) is 17.1 Å². The van der Waals surface area contributed by atoms with Crippen molar-refractivity contribution in [3.8, 4) is 0 Å². The number of ketones is 1. The lowest BCUT2D eigenvalue weighted by atomic mass is 9.99. The summed E-state index contributed by atoms with van der Waals surface area (Å²) in [6.45, 7) is 3.63. The highest BCUT2D eigenvalue weighted by Gasteiger charge is 2.06. The zero-order valence-corrected chi connectivity index (χ0v) is 5.39. The molecule has 0 N–H and O–H groups in total. The molecule has 0 saturated heterocycles.